The highest BCUT2D eigenvalue weighted by molar-refractivity contribution is 5.94. The molecule has 0 fully saturated rings. The first kappa shape index (κ1) is 20.4. The summed E-state index contributed by atoms with van der Waals surface area (Å²) in [7, 11) is 1.63. The van der Waals surface area contributed by atoms with Crippen LogP contribution in [-0.4, -0.2) is 39.7 Å². The van der Waals surface area contributed by atoms with E-state index >= 15 is 0 Å². The number of aliphatic hydroxyl groups excluding tert-OH is 1. The number of carbonyl (C=O) groups is 1. The van der Waals surface area contributed by atoms with Gasteiger partial charge in [-0.2, -0.15) is 0 Å². The molecule has 7 nitrogen and oxygen atoms in total. The van der Waals surface area contributed by atoms with Crippen LogP contribution in [0, 0.1) is 0 Å². The second kappa shape index (κ2) is 8.45. The molecule has 3 aromatic rings. The van der Waals surface area contributed by atoms with E-state index in [1.807, 2.05) is 42.5 Å². The maximum atomic E-state index is 12.3. The van der Waals surface area contributed by atoms with Crippen LogP contribution in [0.2, 0.25) is 0 Å². The molecule has 0 saturated carbocycles. The predicted molar refractivity (Wildman–Crippen MR) is 117 cm³/mol. The van der Waals surface area contributed by atoms with Crippen molar-refractivity contribution in [3.63, 3.8) is 0 Å². The number of aliphatic hydroxyl groups is 1. The van der Waals surface area contributed by atoms with Crippen molar-refractivity contribution in [2.24, 2.45) is 0 Å². The zero-order chi connectivity index (χ0) is 21.3. The van der Waals surface area contributed by atoms with Gasteiger partial charge in [-0.3, -0.25) is 9.36 Å². The Kier molecular flexibility index (Phi) is 5.74. The van der Waals surface area contributed by atoms with Crippen LogP contribution in [0.3, 0.4) is 0 Å². The van der Waals surface area contributed by atoms with Crippen molar-refractivity contribution in [3.8, 4) is 0 Å². The lowest BCUT2D eigenvalue weighted by Gasteiger charge is -2.26. The highest BCUT2D eigenvalue weighted by Crippen LogP contribution is 2.30. The summed E-state index contributed by atoms with van der Waals surface area (Å²) in [5, 5.41) is 17.3. The van der Waals surface area contributed by atoms with E-state index in [2.05, 4.69) is 22.5 Å². The molecule has 0 bridgehead atoms. The quantitative estimate of drug-likeness (QED) is 0.502. The lowest BCUT2D eigenvalue weighted by Crippen LogP contribution is -2.41. The predicted octanol–water partition coefficient (Wildman–Crippen LogP) is 2.11. The molecule has 158 valence electrons. The molecule has 1 aromatic heterocycles. The van der Waals surface area contributed by atoms with Crippen molar-refractivity contribution in [2.75, 3.05) is 7.05 Å². The van der Waals surface area contributed by atoms with Gasteiger partial charge >= 0.3 is 5.69 Å². The molecule has 30 heavy (non-hydrogen) atoms. The number of imidazole rings is 1. The van der Waals surface area contributed by atoms with E-state index in [-0.39, 0.29) is 23.7 Å². The van der Waals surface area contributed by atoms with Crippen molar-refractivity contribution in [3.05, 3.63) is 69.6 Å². The third-order valence-corrected chi connectivity index (χ3v) is 5.97. The van der Waals surface area contributed by atoms with Gasteiger partial charge in [-0.25, -0.2) is 4.79 Å². The SMILES string of the molecule is CNC(=O)c1cccc(CCC(C)NC2CCn3c(=O)[nH]c4cccc(c43)C2O)c1. The van der Waals surface area contributed by atoms with Gasteiger partial charge in [-0.1, -0.05) is 24.3 Å². The summed E-state index contributed by atoms with van der Waals surface area (Å²) in [6.07, 6.45) is 1.69. The second-order valence-electron chi connectivity index (χ2n) is 8.05. The number of hydrogen-bond donors (Lipinski definition) is 4. The highest BCUT2D eigenvalue weighted by atomic mass is 16.3. The number of amides is 1. The summed E-state index contributed by atoms with van der Waals surface area (Å²) >= 11 is 0. The number of H-pyrrole nitrogens is 1. The number of benzene rings is 2. The first-order valence-electron chi connectivity index (χ1n) is 10.4. The Morgan fingerprint density at radius 3 is 2.90 bits per heavy atom. The number of para-hydroxylation sites is 1. The van der Waals surface area contributed by atoms with Gasteiger partial charge in [-0.15, -0.1) is 0 Å². The smallest absolute Gasteiger partial charge is 0.326 e. The minimum absolute atomic E-state index is 0.0855. The Morgan fingerprint density at radius 1 is 1.30 bits per heavy atom. The van der Waals surface area contributed by atoms with Gasteiger partial charge in [0.15, 0.2) is 0 Å². The van der Waals surface area contributed by atoms with Crippen LogP contribution in [-0.2, 0) is 13.0 Å². The fourth-order valence-electron chi connectivity index (χ4n) is 4.36. The molecule has 7 heteroatoms. The van der Waals surface area contributed by atoms with Gasteiger partial charge in [0.2, 0.25) is 0 Å². The van der Waals surface area contributed by atoms with Crippen molar-refractivity contribution >= 4 is 16.9 Å². The van der Waals surface area contributed by atoms with Crippen molar-refractivity contribution < 1.29 is 9.90 Å². The number of rotatable bonds is 6. The molecule has 3 unspecified atom stereocenters. The average molecular weight is 409 g/mol. The van der Waals surface area contributed by atoms with E-state index in [1.54, 1.807) is 11.6 Å². The van der Waals surface area contributed by atoms with E-state index in [1.165, 1.54) is 0 Å². The van der Waals surface area contributed by atoms with Gasteiger partial charge in [0.1, 0.15) is 0 Å². The summed E-state index contributed by atoms with van der Waals surface area (Å²) in [6.45, 7) is 2.67. The number of aryl methyl sites for hydroxylation is 2. The molecule has 4 rings (SSSR count). The van der Waals surface area contributed by atoms with Gasteiger partial charge in [0, 0.05) is 36.8 Å². The molecule has 1 aliphatic rings. The van der Waals surface area contributed by atoms with E-state index < -0.39 is 6.10 Å². The molecule has 0 radical (unpaired) electrons. The van der Waals surface area contributed by atoms with Crippen molar-refractivity contribution in [1.29, 1.82) is 0 Å². The summed E-state index contributed by atoms with van der Waals surface area (Å²) < 4.78 is 1.73. The molecule has 0 aliphatic carbocycles. The third kappa shape index (κ3) is 3.91. The van der Waals surface area contributed by atoms with Crippen LogP contribution >= 0.6 is 0 Å². The molecule has 1 amide bonds. The molecule has 3 atom stereocenters. The molecule has 2 aromatic carbocycles. The monoisotopic (exact) mass is 408 g/mol. The van der Waals surface area contributed by atoms with Crippen LogP contribution in [0.5, 0.6) is 0 Å². The van der Waals surface area contributed by atoms with E-state index in [9.17, 15) is 14.7 Å². The Labute approximate surface area is 175 Å². The van der Waals surface area contributed by atoms with Crippen LogP contribution < -0.4 is 16.3 Å². The van der Waals surface area contributed by atoms with Crippen LogP contribution in [0.4, 0.5) is 0 Å². The minimum atomic E-state index is -0.684. The Balaban J connectivity index is 1.43. The summed E-state index contributed by atoms with van der Waals surface area (Å²) in [5.41, 5.74) is 3.99. The Morgan fingerprint density at radius 2 is 2.10 bits per heavy atom. The maximum absolute atomic E-state index is 12.3. The van der Waals surface area contributed by atoms with E-state index in [0.29, 0.717) is 18.5 Å². The molecule has 4 N–H and O–H groups in total. The molecular formula is C23H28N4O3. The fraction of sp³-hybridized carbons (Fsp3) is 0.391. The Bertz CT molecular complexity index is 1120. The van der Waals surface area contributed by atoms with Crippen LogP contribution in [0.1, 0.15) is 47.4 Å². The van der Waals surface area contributed by atoms with Gasteiger partial charge in [-0.05, 0) is 49.9 Å². The largest absolute Gasteiger partial charge is 0.387 e. The normalized spacial score (nSPS) is 19.4. The number of nitrogens with one attached hydrogen (secondary N) is 3. The first-order chi connectivity index (χ1) is 14.5. The lowest BCUT2D eigenvalue weighted by molar-refractivity contribution is 0.0963. The molecule has 0 saturated heterocycles. The summed E-state index contributed by atoms with van der Waals surface area (Å²) in [5.74, 6) is -0.0855. The zero-order valence-corrected chi connectivity index (χ0v) is 17.3. The van der Waals surface area contributed by atoms with Gasteiger partial charge in [0.25, 0.3) is 5.91 Å². The van der Waals surface area contributed by atoms with Crippen molar-refractivity contribution in [1.82, 2.24) is 20.2 Å². The maximum Gasteiger partial charge on any atom is 0.326 e. The molecule has 0 spiro atoms. The number of aromatic amines is 1. The fourth-order valence-corrected chi connectivity index (χ4v) is 4.36. The summed E-state index contributed by atoms with van der Waals surface area (Å²) in [6, 6.07) is 13.3. The van der Waals surface area contributed by atoms with Crippen molar-refractivity contribution in [2.45, 2.75) is 50.9 Å². The zero-order valence-electron chi connectivity index (χ0n) is 17.3. The van der Waals surface area contributed by atoms with E-state index in [0.717, 1.165) is 35.0 Å². The number of carbonyl (C=O) groups excluding carboxylic acids is 1. The highest BCUT2D eigenvalue weighted by Gasteiger charge is 2.29. The van der Waals surface area contributed by atoms with E-state index in [4.69, 9.17) is 0 Å². The third-order valence-electron chi connectivity index (χ3n) is 5.97. The molecule has 1 aliphatic heterocycles. The standard InChI is InChI=1S/C23H28N4O3/c1-14(9-10-15-5-3-6-16(13-15)22(29)24-2)25-19-11-12-27-20-17(21(19)28)7-4-8-18(20)26-23(27)30/h3-8,13-14,19,21,25,28H,9-12H2,1-2H3,(H,24,29)(H,26,30). The minimum Gasteiger partial charge on any atom is -0.387 e. The average Bonchev–Trinajstić information content (AvgIpc) is 3.01. The molecule has 2 heterocycles. The van der Waals surface area contributed by atoms with Crippen LogP contribution in [0.25, 0.3) is 11.0 Å². The first-order valence-corrected chi connectivity index (χ1v) is 10.4. The molecular weight excluding hydrogens is 380 g/mol. The van der Waals surface area contributed by atoms with Crippen LogP contribution in [0.15, 0.2) is 47.3 Å². The topological polar surface area (TPSA) is 99.2 Å². The number of hydrogen-bond acceptors (Lipinski definition) is 4. The van der Waals surface area contributed by atoms with Gasteiger partial charge in [0.05, 0.1) is 17.1 Å². The summed E-state index contributed by atoms with van der Waals surface area (Å²) in [4.78, 5) is 27.0. The second-order valence-corrected chi connectivity index (χ2v) is 8.05. The lowest BCUT2D eigenvalue weighted by atomic mass is 9.98. The number of nitrogens with zero attached hydrogens (tertiary/aromatic N) is 1. The van der Waals surface area contributed by atoms with Gasteiger partial charge < -0.3 is 20.7 Å². The Hall–Kier alpha value is -2.90. The number of aromatic nitrogens is 2.